The summed E-state index contributed by atoms with van der Waals surface area (Å²) in [4.78, 5) is 38.8. The molecule has 0 aromatic heterocycles. The quantitative estimate of drug-likeness (QED) is 0.285. The number of piperidine rings is 1. The van der Waals surface area contributed by atoms with Crippen molar-refractivity contribution >= 4 is 28.2 Å². The number of ether oxygens (including phenoxy) is 1. The van der Waals surface area contributed by atoms with E-state index >= 15 is 0 Å². The summed E-state index contributed by atoms with van der Waals surface area (Å²) in [5.41, 5.74) is 9.92. The summed E-state index contributed by atoms with van der Waals surface area (Å²) in [6.45, 7) is 0.436. The molecule has 0 aromatic carbocycles. The van der Waals surface area contributed by atoms with Crippen LogP contribution in [0.5, 0.6) is 0 Å². The minimum atomic E-state index is -4.92. The normalized spacial score (nSPS) is 33.0. The topological polar surface area (TPSA) is 181 Å². The summed E-state index contributed by atoms with van der Waals surface area (Å²) < 4.78 is 41.0. The number of fused-ring (bicyclic) bond motifs is 3. The molecule has 1 spiro atoms. The lowest BCUT2D eigenvalue weighted by Gasteiger charge is -2.50. The van der Waals surface area contributed by atoms with Crippen molar-refractivity contribution in [2.45, 2.75) is 43.8 Å². The second kappa shape index (κ2) is 7.05. The summed E-state index contributed by atoms with van der Waals surface area (Å²) in [6, 6.07) is -2.78. The van der Waals surface area contributed by atoms with Gasteiger partial charge in [0, 0.05) is 18.0 Å². The zero-order valence-corrected chi connectivity index (χ0v) is 16.3. The molecule has 5 N–H and O–H groups in total. The van der Waals surface area contributed by atoms with Crippen LogP contribution in [0.2, 0.25) is 0 Å². The van der Waals surface area contributed by atoms with Crippen LogP contribution >= 0.6 is 0 Å². The molecule has 3 aliphatic heterocycles. The lowest BCUT2D eigenvalue weighted by Crippen LogP contribution is -2.64. The minimum absolute atomic E-state index is 0.0250. The lowest BCUT2D eigenvalue weighted by atomic mass is 9.71. The highest BCUT2D eigenvalue weighted by Crippen LogP contribution is 2.47. The fraction of sp³-hybridized carbons (Fsp3) is 0.800. The number of nitrogens with two attached hydrogens (primary N) is 1. The molecular weight excluding hydrogens is 410 g/mol. The van der Waals surface area contributed by atoms with E-state index in [4.69, 9.17) is 15.0 Å². The van der Waals surface area contributed by atoms with Crippen molar-refractivity contribution < 1.29 is 36.4 Å². The molecule has 3 saturated heterocycles. The van der Waals surface area contributed by atoms with Crippen molar-refractivity contribution in [2.24, 2.45) is 17.1 Å². The van der Waals surface area contributed by atoms with Gasteiger partial charge in [-0.2, -0.15) is 13.5 Å². The van der Waals surface area contributed by atoms with Crippen LogP contribution in [0.4, 0.5) is 4.79 Å². The van der Waals surface area contributed by atoms with Crippen molar-refractivity contribution in [3.05, 3.63) is 0 Å². The van der Waals surface area contributed by atoms with E-state index in [0.717, 1.165) is 17.7 Å². The Bertz CT molecular complexity index is 831. The van der Waals surface area contributed by atoms with Crippen molar-refractivity contribution in [2.75, 3.05) is 19.8 Å². The van der Waals surface area contributed by atoms with Gasteiger partial charge in [-0.1, -0.05) is 6.42 Å². The third kappa shape index (κ3) is 3.54. The van der Waals surface area contributed by atoms with Gasteiger partial charge >= 0.3 is 16.4 Å². The molecule has 29 heavy (non-hydrogen) atoms. The van der Waals surface area contributed by atoms with Gasteiger partial charge in [0.05, 0.1) is 25.2 Å². The molecule has 14 heteroatoms. The maximum absolute atomic E-state index is 12.7. The van der Waals surface area contributed by atoms with Crippen molar-refractivity contribution in [1.29, 1.82) is 0 Å². The average Bonchev–Trinajstić information content (AvgIpc) is 3.15. The summed E-state index contributed by atoms with van der Waals surface area (Å²) in [7, 11) is -4.92. The molecule has 4 fully saturated rings. The maximum atomic E-state index is 12.7. The second-order valence-corrected chi connectivity index (χ2v) is 9.04. The molecule has 4 rings (SSSR count). The smallest absolute Gasteiger partial charge is 0.380 e. The van der Waals surface area contributed by atoms with Gasteiger partial charge in [-0.3, -0.25) is 25.0 Å². The summed E-state index contributed by atoms with van der Waals surface area (Å²) in [5.74, 6) is -1.39. The number of hydrogen-bond donors (Lipinski definition) is 4. The van der Waals surface area contributed by atoms with Crippen LogP contribution in [0.25, 0.3) is 0 Å². The van der Waals surface area contributed by atoms with Crippen LogP contribution in [0.15, 0.2) is 0 Å². The predicted octanol–water partition coefficient (Wildman–Crippen LogP) is -2.11. The molecule has 1 saturated carbocycles. The molecule has 162 valence electrons. The fourth-order valence-electron chi connectivity index (χ4n) is 4.64. The Balaban J connectivity index is 1.46. The van der Waals surface area contributed by atoms with Gasteiger partial charge in [-0.05, 0) is 19.3 Å². The highest BCUT2D eigenvalue weighted by Gasteiger charge is 2.63. The van der Waals surface area contributed by atoms with Gasteiger partial charge in [0.1, 0.15) is 6.04 Å². The standard InChI is InChI=1S/C15H23N5O8S/c16-9-3-1-2-8(9)12(21)17-18-13(22)10-4-15(6-27-7-15)11-5-19(10)14(23)20(11)28-29(24,25)26/h8-11H,1-7,16H2,(H,17,21)(H,18,22)(H,24,25,26). The number of urea groups is 1. The van der Waals surface area contributed by atoms with E-state index in [1.807, 2.05) is 0 Å². The van der Waals surface area contributed by atoms with Gasteiger partial charge in [0.25, 0.3) is 5.91 Å². The molecule has 4 unspecified atom stereocenters. The van der Waals surface area contributed by atoms with Crippen molar-refractivity contribution in [3.8, 4) is 0 Å². The Morgan fingerprint density at radius 2 is 1.93 bits per heavy atom. The Hall–Kier alpha value is -2.00. The van der Waals surface area contributed by atoms with E-state index in [9.17, 15) is 22.8 Å². The van der Waals surface area contributed by atoms with Gasteiger partial charge < -0.3 is 15.4 Å². The minimum Gasteiger partial charge on any atom is -0.380 e. The first-order chi connectivity index (χ1) is 13.6. The largest absolute Gasteiger partial charge is 0.418 e. The van der Waals surface area contributed by atoms with Crippen LogP contribution in [-0.2, 0) is 29.0 Å². The fourth-order valence-corrected chi connectivity index (χ4v) is 5.01. The maximum Gasteiger partial charge on any atom is 0.418 e. The van der Waals surface area contributed by atoms with Crippen LogP contribution in [0, 0.1) is 11.3 Å². The molecule has 0 aromatic rings. The summed E-state index contributed by atoms with van der Waals surface area (Å²) in [6.07, 6.45) is 2.41. The third-order valence-corrected chi connectivity index (χ3v) is 6.59. The second-order valence-electron chi connectivity index (χ2n) is 8.03. The molecule has 2 bridgehead atoms. The molecule has 3 heterocycles. The molecular formula is C15H23N5O8S. The van der Waals surface area contributed by atoms with Crippen LogP contribution in [0.1, 0.15) is 25.7 Å². The van der Waals surface area contributed by atoms with Gasteiger partial charge in [-0.15, -0.1) is 4.28 Å². The van der Waals surface area contributed by atoms with E-state index in [0.29, 0.717) is 11.5 Å². The van der Waals surface area contributed by atoms with Gasteiger partial charge in [0.2, 0.25) is 5.91 Å². The zero-order valence-electron chi connectivity index (χ0n) is 15.4. The molecule has 4 amide bonds. The van der Waals surface area contributed by atoms with E-state index in [2.05, 4.69) is 15.1 Å². The van der Waals surface area contributed by atoms with Crippen LogP contribution < -0.4 is 16.6 Å². The molecule has 4 atom stereocenters. The molecule has 4 aliphatic rings. The SMILES string of the molecule is NC1CCCC1C(=O)NNC(=O)C1CC2(COC2)C2CN1C(=O)N2OS(=O)(=O)O. The van der Waals surface area contributed by atoms with Gasteiger partial charge in [-0.25, -0.2) is 4.79 Å². The Kier molecular flexibility index (Phi) is 4.93. The Morgan fingerprint density at radius 1 is 1.24 bits per heavy atom. The Labute approximate surface area is 166 Å². The lowest BCUT2D eigenvalue weighted by molar-refractivity contribution is -0.193. The predicted molar refractivity (Wildman–Crippen MR) is 93.6 cm³/mol. The van der Waals surface area contributed by atoms with E-state index in [1.165, 1.54) is 0 Å². The molecule has 1 aliphatic carbocycles. The highest BCUT2D eigenvalue weighted by atomic mass is 32.3. The van der Waals surface area contributed by atoms with Crippen LogP contribution in [-0.4, -0.2) is 78.7 Å². The Morgan fingerprint density at radius 3 is 2.48 bits per heavy atom. The van der Waals surface area contributed by atoms with Gasteiger partial charge in [0.15, 0.2) is 0 Å². The number of nitrogens with one attached hydrogen (secondary N) is 2. The molecule has 0 radical (unpaired) electrons. The number of carbonyl (C=O) groups is 3. The van der Waals surface area contributed by atoms with Crippen molar-refractivity contribution in [3.63, 3.8) is 0 Å². The first kappa shape index (κ1) is 20.3. The highest BCUT2D eigenvalue weighted by molar-refractivity contribution is 7.80. The number of hydrogen-bond acceptors (Lipinski definition) is 8. The number of hydrazine groups is 1. The van der Waals surface area contributed by atoms with Crippen LogP contribution in [0.3, 0.4) is 0 Å². The third-order valence-electron chi connectivity index (χ3n) is 6.24. The number of nitrogens with zero attached hydrogens (tertiary/aromatic N) is 2. The first-order valence-corrected chi connectivity index (χ1v) is 10.7. The number of amides is 4. The molecule has 13 nitrogen and oxygen atoms in total. The number of carbonyl (C=O) groups excluding carboxylic acids is 3. The van der Waals surface area contributed by atoms with E-state index in [-0.39, 0.29) is 44.0 Å². The zero-order chi connectivity index (χ0) is 21.0. The van der Waals surface area contributed by atoms with E-state index < -0.39 is 39.8 Å². The summed E-state index contributed by atoms with van der Waals surface area (Å²) in [5, 5.41) is 0.585. The number of hydroxylamine groups is 2. The van der Waals surface area contributed by atoms with Crippen molar-refractivity contribution in [1.82, 2.24) is 20.8 Å². The van der Waals surface area contributed by atoms with E-state index in [1.54, 1.807) is 0 Å². The summed E-state index contributed by atoms with van der Waals surface area (Å²) >= 11 is 0. The number of rotatable bonds is 4. The monoisotopic (exact) mass is 433 g/mol. The average molecular weight is 433 g/mol. The first-order valence-electron chi connectivity index (χ1n) is 9.31.